The molecule has 2 heterocycles. The van der Waals surface area contributed by atoms with Gasteiger partial charge in [0.2, 0.25) is 6.43 Å². The van der Waals surface area contributed by atoms with Crippen molar-refractivity contribution < 1.29 is 13.6 Å². The minimum atomic E-state index is -2.27. The van der Waals surface area contributed by atoms with Crippen LogP contribution >= 0.6 is 0 Å². The van der Waals surface area contributed by atoms with Crippen molar-refractivity contribution in [2.24, 2.45) is 13.0 Å². The van der Waals surface area contributed by atoms with Gasteiger partial charge in [0, 0.05) is 32.8 Å². The lowest BCUT2D eigenvalue weighted by Crippen LogP contribution is -2.50. The van der Waals surface area contributed by atoms with Crippen LogP contribution in [0.15, 0.2) is 18.3 Å². The molecule has 0 bridgehead atoms. The molecule has 1 amide bonds. The molecule has 0 atom stereocenters. The summed E-state index contributed by atoms with van der Waals surface area (Å²) in [5.41, 5.74) is 0.607. The minimum absolute atomic E-state index is 0.0378. The minimum Gasteiger partial charge on any atom is -0.347 e. The first-order valence-electron chi connectivity index (χ1n) is 5.26. The van der Waals surface area contributed by atoms with E-state index in [0.717, 1.165) is 0 Å². The third-order valence-electron chi connectivity index (χ3n) is 2.92. The van der Waals surface area contributed by atoms with Gasteiger partial charge in [-0.15, -0.1) is 0 Å². The van der Waals surface area contributed by atoms with Crippen LogP contribution in [0, 0.1) is 5.92 Å². The van der Waals surface area contributed by atoms with Gasteiger partial charge in [0.25, 0.3) is 5.91 Å². The van der Waals surface area contributed by atoms with Gasteiger partial charge in [-0.05, 0) is 18.1 Å². The molecule has 16 heavy (non-hydrogen) atoms. The number of carbonyl (C=O) groups is 1. The molecule has 2 rings (SSSR count). The molecule has 1 aromatic rings. The average molecular weight is 228 g/mol. The molecular weight excluding hydrogens is 214 g/mol. The van der Waals surface area contributed by atoms with Crippen LogP contribution in [0.1, 0.15) is 16.9 Å². The maximum Gasteiger partial charge on any atom is 0.270 e. The van der Waals surface area contributed by atoms with Gasteiger partial charge in [-0.25, -0.2) is 8.78 Å². The molecule has 1 saturated heterocycles. The number of halogens is 2. The molecule has 0 N–H and O–H groups in total. The lowest BCUT2D eigenvalue weighted by atomic mass is 9.96. The molecule has 88 valence electrons. The van der Waals surface area contributed by atoms with E-state index in [9.17, 15) is 13.6 Å². The van der Waals surface area contributed by atoms with E-state index in [1.54, 1.807) is 34.8 Å². The van der Waals surface area contributed by atoms with Crippen molar-refractivity contribution in [3.05, 3.63) is 24.0 Å². The molecule has 0 aromatic carbocycles. The monoisotopic (exact) mass is 228 g/mol. The van der Waals surface area contributed by atoms with Gasteiger partial charge in [-0.1, -0.05) is 0 Å². The smallest absolute Gasteiger partial charge is 0.270 e. The maximum absolute atomic E-state index is 12.1. The van der Waals surface area contributed by atoms with Gasteiger partial charge >= 0.3 is 0 Å². The van der Waals surface area contributed by atoms with Gasteiger partial charge in [0.05, 0.1) is 0 Å². The Hall–Kier alpha value is -1.39. The summed E-state index contributed by atoms with van der Waals surface area (Å²) in [6.45, 7) is 0.905. The number of alkyl halides is 2. The van der Waals surface area contributed by atoms with Crippen molar-refractivity contribution in [2.45, 2.75) is 12.8 Å². The first-order valence-corrected chi connectivity index (χ1v) is 5.26. The lowest BCUT2D eigenvalue weighted by Gasteiger charge is -2.39. The van der Waals surface area contributed by atoms with Crippen LogP contribution < -0.4 is 0 Å². The van der Waals surface area contributed by atoms with Crippen LogP contribution in [0.4, 0.5) is 8.78 Å². The standard InChI is InChI=1S/C11H14F2N2O/c1-14-4-2-3-9(14)11(16)15-6-8(7-15)5-10(12)13/h2-4,8,10H,5-7H2,1H3. The van der Waals surface area contributed by atoms with Crippen LogP contribution in [-0.4, -0.2) is 34.9 Å². The van der Waals surface area contributed by atoms with Crippen LogP contribution in [0.5, 0.6) is 0 Å². The Kier molecular flexibility index (Phi) is 2.94. The van der Waals surface area contributed by atoms with Crippen molar-refractivity contribution in [3.63, 3.8) is 0 Å². The maximum atomic E-state index is 12.1. The predicted molar refractivity (Wildman–Crippen MR) is 55.4 cm³/mol. The zero-order chi connectivity index (χ0) is 11.7. The topological polar surface area (TPSA) is 25.2 Å². The van der Waals surface area contributed by atoms with Gasteiger partial charge < -0.3 is 9.47 Å². The summed E-state index contributed by atoms with van der Waals surface area (Å²) in [5.74, 6) is -0.109. The first-order chi connectivity index (χ1) is 7.58. The van der Waals surface area contributed by atoms with Gasteiger partial charge in [-0.3, -0.25) is 4.79 Å². The van der Waals surface area contributed by atoms with E-state index in [4.69, 9.17) is 0 Å². The van der Waals surface area contributed by atoms with Crippen LogP contribution in [0.2, 0.25) is 0 Å². The number of rotatable bonds is 3. The van der Waals surface area contributed by atoms with Crippen molar-refractivity contribution in [1.82, 2.24) is 9.47 Å². The number of aryl methyl sites for hydroxylation is 1. The highest BCUT2D eigenvalue weighted by molar-refractivity contribution is 5.93. The molecule has 1 fully saturated rings. The lowest BCUT2D eigenvalue weighted by molar-refractivity contribution is 0.0273. The Morgan fingerprint density at radius 1 is 1.56 bits per heavy atom. The number of hydrogen-bond acceptors (Lipinski definition) is 1. The second kappa shape index (κ2) is 4.23. The third kappa shape index (κ3) is 2.08. The van der Waals surface area contributed by atoms with Crippen molar-refractivity contribution >= 4 is 5.91 Å². The first kappa shape index (κ1) is 11.1. The molecule has 0 unspecified atom stereocenters. The fraction of sp³-hybridized carbons (Fsp3) is 0.545. The summed E-state index contributed by atoms with van der Waals surface area (Å²) in [6.07, 6.45) is -0.571. The van der Waals surface area contributed by atoms with Gasteiger partial charge in [0.15, 0.2) is 0 Å². The quantitative estimate of drug-likeness (QED) is 0.773. The highest BCUT2D eigenvalue weighted by atomic mass is 19.3. The normalized spacial score (nSPS) is 16.6. The van der Waals surface area contributed by atoms with E-state index in [0.29, 0.717) is 18.8 Å². The molecule has 5 heteroatoms. The second-order valence-electron chi connectivity index (χ2n) is 4.21. The summed E-state index contributed by atoms with van der Waals surface area (Å²) >= 11 is 0. The molecular formula is C11H14F2N2O. The number of nitrogens with zero attached hydrogens (tertiary/aromatic N) is 2. The van der Waals surface area contributed by atoms with Crippen LogP contribution in [-0.2, 0) is 7.05 Å². The molecule has 1 aliphatic rings. The Balaban J connectivity index is 1.89. The van der Waals surface area contributed by atoms with E-state index in [-0.39, 0.29) is 18.2 Å². The van der Waals surface area contributed by atoms with Gasteiger partial charge in [0.1, 0.15) is 5.69 Å². The Morgan fingerprint density at radius 2 is 2.25 bits per heavy atom. The summed E-state index contributed by atoms with van der Waals surface area (Å²) in [6, 6.07) is 3.53. The zero-order valence-electron chi connectivity index (χ0n) is 9.07. The molecule has 3 nitrogen and oxygen atoms in total. The number of amides is 1. The third-order valence-corrected chi connectivity index (χ3v) is 2.92. The van der Waals surface area contributed by atoms with Crippen molar-refractivity contribution in [3.8, 4) is 0 Å². The molecule has 1 aliphatic heterocycles. The van der Waals surface area contributed by atoms with Crippen LogP contribution in [0.25, 0.3) is 0 Å². The Morgan fingerprint density at radius 3 is 2.75 bits per heavy atom. The van der Waals surface area contributed by atoms with E-state index < -0.39 is 6.43 Å². The molecule has 0 aliphatic carbocycles. The van der Waals surface area contributed by atoms with E-state index >= 15 is 0 Å². The summed E-state index contributed by atoms with van der Waals surface area (Å²) in [4.78, 5) is 13.5. The average Bonchev–Trinajstić information content (AvgIpc) is 2.56. The molecule has 1 aromatic heterocycles. The SMILES string of the molecule is Cn1cccc1C(=O)N1CC(CC(F)F)C1. The number of aromatic nitrogens is 1. The molecule has 0 spiro atoms. The largest absolute Gasteiger partial charge is 0.347 e. The highest BCUT2D eigenvalue weighted by Gasteiger charge is 2.33. The Labute approximate surface area is 92.7 Å². The van der Waals surface area contributed by atoms with E-state index in [1.165, 1.54) is 0 Å². The summed E-state index contributed by atoms with van der Waals surface area (Å²) in [7, 11) is 1.80. The Bertz CT molecular complexity index is 383. The van der Waals surface area contributed by atoms with Crippen molar-refractivity contribution in [1.29, 1.82) is 0 Å². The van der Waals surface area contributed by atoms with E-state index in [2.05, 4.69) is 0 Å². The highest BCUT2D eigenvalue weighted by Crippen LogP contribution is 2.24. The number of likely N-dealkylation sites (tertiary alicyclic amines) is 1. The summed E-state index contributed by atoms with van der Waals surface area (Å²) < 4.78 is 25.9. The zero-order valence-corrected chi connectivity index (χ0v) is 9.07. The molecule has 0 saturated carbocycles. The van der Waals surface area contributed by atoms with Crippen molar-refractivity contribution in [2.75, 3.05) is 13.1 Å². The fourth-order valence-electron chi connectivity index (χ4n) is 1.98. The predicted octanol–water partition coefficient (Wildman–Crippen LogP) is 1.75. The van der Waals surface area contributed by atoms with Crippen LogP contribution in [0.3, 0.4) is 0 Å². The molecule has 0 radical (unpaired) electrons. The fourth-order valence-corrected chi connectivity index (χ4v) is 1.98. The second-order valence-corrected chi connectivity index (χ2v) is 4.21. The van der Waals surface area contributed by atoms with Gasteiger partial charge in [-0.2, -0.15) is 0 Å². The number of hydrogen-bond donors (Lipinski definition) is 0. The van der Waals surface area contributed by atoms with E-state index in [1.807, 2.05) is 0 Å². The summed E-state index contributed by atoms with van der Waals surface area (Å²) in [5, 5.41) is 0. The number of carbonyl (C=O) groups excluding carboxylic acids is 1.